The van der Waals surface area contributed by atoms with Gasteiger partial charge in [-0.3, -0.25) is 0 Å². The Kier molecular flexibility index (Phi) is 2.54. The third-order valence-electron chi connectivity index (χ3n) is 0.735. The average Bonchev–Trinajstić information content (AvgIpc) is 1.67. The fourth-order valence-electron chi connectivity index (χ4n) is 0.273. The first-order valence-electron chi connectivity index (χ1n) is 2.29. The highest BCUT2D eigenvalue weighted by Crippen LogP contribution is 1.90. The van der Waals surface area contributed by atoms with Crippen LogP contribution in [0, 0.1) is 0 Å². The molecular weight excluding hydrogens is 102 g/mol. The zero-order chi connectivity index (χ0) is 6.57. The molecule has 0 rings (SSSR count). The first-order valence-corrected chi connectivity index (χ1v) is 2.29. The van der Waals surface area contributed by atoms with Crippen LogP contribution in [0.5, 0.6) is 0 Å². The summed E-state index contributed by atoms with van der Waals surface area (Å²) >= 11 is 0. The minimum absolute atomic E-state index is 0.185. The topological polar surface area (TPSA) is 78.1 Å². The molecule has 0 unspecified atom stereocenters. The van der Waals surface area contributed by atoms with Gasteiger partial charge in [-0.1, -0.05) is 6.08 Å². The summed E-state index contributed by atoms with van der Waals surface area (Å²) in [5, 5.41) is 0. The van der Waals surface area contributed by atoms with Gasteiger partial charge in [-0.25, -0.2) is 0 Å². The summed E-state index contributed by atoms with van der Waals surface area (Å²) in [5.41, 5.74) is 16.0. The molecular formula is C5H11N3. The molecule has 0 atom stereocenters. The highest BCUT2D eigenvalue weighted by atomic mass is 14.8. The van der Waals surface area contributed by atoms with Gasteiger partial charge in [-0.2, -0.15) is 0 Å². The molecule has 0 amide bonds. The second kappa shape index (κ2) is 2.96. The Bertz CT molecular complexity index is 111. The maximum atomic E-state index is 5.29. The van der Waals surface area contributed by atoms with Gasteiger partial charge in [0.25, 0.3) is 0 Å². The minimum Gasteiger partial charge on any atom is -0.399 e. The van der Waals surface area contributed by atoms with Crippen molar-refractivity contribution >= 4 is 0 Å². The third kappa shape index (κ3) is 2.12. The van der Waals surface area contributed by atoms with Gasteiger partial charge in [0, 0.05) is 6.42 Å². The normalized spacial score (nSPS) is 8.00. The Labute approximate surface area is 48.8 Å². The van der Waals surface area contributed by atoms with E-state index in [1.54, 1.807) is 6.08 Å². The highest BCUT2D eigenvalue weighted by molar-refractivity contribution is 5.06. The maximum absolute atomic E-state index is 5.29. The summed E-state index contributed by atoms with van der Waals surface area (Å²) in [6.07, 6.45) is 2.21. The molecule has 3 heteroatoms. The monoisotopic (exact) mass is 113 g/mol. The number of rotatable bonds is 2. The average molecular weight is 113 g/mol. The Hall–Kier alpha value is -1.12. The number of hydrogen-bond acceptors (Lipinski definition) is 3. The second-order valence-electron chi connectivity index (χ2n) is 1.47. The molecule has 8 heavy (non-hydrogen) atoms. The summed E-state index contributed by atoms with van der Waals surface area (Å²) < 4.78 is 0. The smallest absolute Gasteiger partial charge is 0.113 e. The van der Waals surface area contributed by atoms with E-state index >= 15 is 0 Å². The summed E-state index contributed by atoms with van der Waals surface area (Å²) in [6, 6.07) is 0. The maximum Gasteiger partial charge on any atom is 0.113 e. The number of allylic oxidation sites excluding steroid dienone is 1. The summed E-state index contributed by atoms with van der Waals surface area (Å²) in [7, 11) is 0. The molecule has 6 N–H and O–H groups in total. The van der Waals surface area contributed by atoms with Gasteiger partial charge in [-0.15, -0.1) is 6.58 Å². The molecule has 0 aromatic carbocycles. The van der Waals surface area contributed by atoms with Crippen LogP contribution < -0.4 is 17.2 Å². The Morgan fingerprint density at radius 2 is 1.88 bits per heavy atom. The summed E-state index contributed by atoms with van der Waals surface area (Å²) in [4.78, 5) is 0. The van der Waals surface area contributed by atoms with Crippen LogP contribution in [0.1, 0.15) is 6.42 Å². The third-order valence-corrected chi connectivity index (χ3v) is 0.735. The quantitative estimate of drug-likeness (QED) is 0.427. The van der Waals surface area contributed by atoms with E-state index in [-0.39, 0.29) is 5.82 Å². The first-order chi connectivity index (χ1) is 3.68. The predicted octanol–water partition coefficient (Wildman–Crippen LogP) is -0.392. The van der Waals surface area contributed by atoms with Gasteiger partial charge in [0.15, 0.2) is 0 Å². The van der Waals surface area contributed by atoms with Gasteiger partial charge in [-0.05, 0) is 0 Å². The molecule has 0 fully saturated rings. The van der Waals surface area contributed by atoms with Gasteiger partial charge >= 0.3 is 0 Å². The van der Waals surface area contributed by atoms with E-state index in [0.29, 0.717) is 12.1 Å². The molecule has 0 bridgehead atoms. The van der Waals surface area contributed by atoms with Crippen molar-refractivity contribution in [2.24, 2.45) is 17.2 Å². The molecule has 0 saturated heterocycles. The zero-order valence-corrected chi connectivity index (χ0v) is 4.72. The molecule has 0 aliphatic carbocycles. The molecule has 3 nitrogen and oxygen atoms in total. The Balaban J connectivity index is 3.79. The lowest BCUT2D eigenvalue weighted by Crippen LogP contribution is -2.16. The van der Waals surface area contributed by atoms with Crippen LogP contribution in [0.2, 0.25) is 0 Å². The zero-order valence-electron chi connectivity index (χ0n) is 4.72. The van der Waals surface area contributed by atoms with Crippen LogP contribution in [0.4, 0.5) is 0 Å². The van der Waals surface area contributed by atoms with Crippen molar-refractivity contribution in [2.45, 2.75) is 6.42 Å². The van der Waals surface area contributed by atoms with Gasteiger partial charge in [0.05, 0.1) is 5.70 Å². The van der Waals surface area contributed by atoms with Crippen LogP contribution in [0.15, 0.2) is 24.2 Å². The van der Waals surface area contributed by atoms with Crippen LogP contribution in [0.3, 0.4) is 0 Å². The predicted molar refractivity (Wildman–Crippen MR) is 34.4 cm³/mol. The fourth-order valence-corrected chi connectivity index (χ4v) is 0.273. The molecule has 0 saturated carbocycles. The van der Waals surface area contributed by atoms with Crippen molar-refractivity contribution in [3.63, 3.8) is 0 Å². The van der Waals surface area contributed by atoms with E-state index < -0.39 is 0 Å². The molecule has 0 heterocycles. The van der Waals surface area contributed by atoms with Crippen LogP contribution in [-0.2, 0) is 0 Å². The number of nitrogens with two attached hydrogens (primary N) is 3. The van der Waals surface area contributed by atoms with Crippen molar-refractivity contribution in [1.29, 1.82) is 0 Å². The Morgan fingerprint density at radius 3 is 2.00 bits per heavy atom. The van der Waals surface area contributed by atoms with E-state index in [4.69, 9.17) is 17.2 Å². The van der Waals surface area contributed by atoms with Gasteiger partial charge < -0.3 is 17.2 Å². The standard InChI is InChI=1S/C5H11N3/c1-2-3-4(6)5(7)8/h2H,1,3,6-8H2. The minimum atomic E-state index is 0.185. The van der Waals surface area contributed by atoms with Crippen LogP contribution in [-0.4, -0.2) is 0 Å². The molecule has 46 valence electrons. The Morgan fingerprint density at radius 1 is 1.38 bits per heavy atom. The van der Waals surface area contributed by atoms with Crippen molar-refractivity contribution in [3.05, 3.63) is 24.2 Å². The number of hydrogen-bond donors (Lipinski definition) is 3. The van der Waals surface area contributed by atoms with Crippen molar-refractivity contribution < 1.29 is 0 Å². The second-order valence-corrected chi connectivity index (χ2v) is 1.47. The largest absolute Gasteiger partial charge is 0.399 e. The van der Waals surface area contributed by atoms with E-state index in [1.165, 1.54) is 0 Å². The van der Waals surface area contributed by atoms with E-state index in [2.05, 4.69) is 6.58 Å². The van der Waals surface area contributed by atoms with Crippen molar-refractivity contribution in [2.75, 3.05) is 0 Å². The van der Waals surface area contributed by atoms with Crippen LogP contribution >= 0.6 is 0 Å². The fraction of sp³-hybridized carbons (Fsp3) is 0.200. The molecule has 0 aromatic rings. The van der Waals surface area contributed by atoms with E-state index in [1.807, 2.05) is 0 Å². The summed E-state index contributed by atoms with van der Waals surface area (Å²) in [5.74, 6) is 0.185. The van der Waals surface area contributed by atoms with E-state index in [0.717, 1.165) is 0 Å². The lowest BCUT2D eigenvalue weighted by Gasteiger charge is -1.96. The van der Waals surface area contributed by atoms with Gasteiger partial charge in [0.2, 0.25) is 0 Å². The highest BCUT2D eigenvalue weighted by Gasteiger charge is 1.87. The first kappa shape index (κ1) is 6.88. The molecule has 0 aliphatic heterocycles. The van der Waals surface area contributed by atoms with Crippen molar-refractivity contribution in [1.82, 2.24) is 0 Å². The molecule has 0 aliphatic rings. The SMILES string of the molecule is C=CCC(N)=C(N)N. The lowest BCUT2D eigenvalue weighted by molar-refractivity contribution is 1.06. The molecule has 0 spiro atoms. The summed E-state index contributed by atoms with van der Waals surface area (Å²) in [6.45, 7) is 3.46. The van der Waals surface area contributed by atoms with Gasteiger partial charge in [0.1, 0.15) is 5.82 Å². The van der Waals surface area contributed by atoms with E-state index in [9.17, 15) is 0 Å². The molecule has 0 aromatic heterocycles. The van der Waals surface area contributed by atoms with Crippen molar-refractivity contribution in [3.8, 4) is 0 Å². The van der Waals surface area contributed by atoms with Crippen LogP contribution in [0.25, 0.3) is 0 Å². The molecule has 0 radical (unpaired) electrons. The lowest BCUT2D eigenvalue weighted by atomic mass is 10.3.